The Labute approximate surface area is 129 Å². The maximum atomic E-state index is 12.8. The molecule has 0 saturated heterocycles. The Bertz CT molecular complexity index is 1100. The summed E-state index contributed by atoms with van der Waals surface area (Å²) in [5, 5.41) is 4.60. The second-order valence-electron chi connectivity index (χ2n) is 5.40. The van der Waals surface area contributed by atoms with Gasteiger partial charge >= 0.3 is 5.51 Å². The molecule has 0 aliphatic rings. The van der Waals surface area contributed by atoms with Crippen molar-refractivity contribution in [1.29, 1.82) is 0 Å². The monoisotopic (exact) mass is 334 g/mol. The molecule has 0 unspecified atom stereocenters. The van der Waals surface area contributed by atoms with E-state index in [0.717, 1.165) is 33.7 Å². The summed E-state index contributed by atoms with van der Waals surface area (Å²) >= 11 is 0. The van der Waals surface area contributed by atoms with Gasteiger partial charge in [0, 0.05) is 0 Å². The van der Waals surface area contributed by atoms with E-state index in [4.69, 9.17) is 0 Å². The average molecular weight is 334 g/mol. The zero-order valence-electron chi connectivity index (χ0n) is 11.6. The Morgan fingerprint density at radius 1 is 0.696 bits per heavy atom. The van der Waals surface area contributed by atoms with Gasteiger partial charge in [0.15, 0.2) is 0 Å². The minimum absolute atomic E-state index is 0.481. The molecule has 0 radical (unpaired) electrons. The standard InChI is InChI=1S/C17H9F3O2S/c18-17(19,20)23(21,22)14-8-12-6-4-10-2-1-3-11-5-7-13(9-14)16(12)15(10)11/h1-9H. The van der Waals surface area contributed by atoms with Crippen molar-refractivity contribution in [2.45, 2.75) is 10.4 Å². The summed E-state index contributed by atoms with van der Waals surface area (Å²) in [6, 6.07) is 14.8. The van der Waals surface area contributed by atoms with Crippen molar-refractivity contribution in [2.24, 2.45) is 0 Å². The van der Waals surface area contributed by atoms with E-state index in [9.17, 15) is 21.6 Å². The second-order valence-corrected chi connectivity index (χ2v) is 7.35. The summed E-state index contributed by atoms with van der Waals surface area (Å²) in [4.78, 5) is -0.726. The van der Waals surface area contributed by atoms with Crippen molar-refractivity contribution < 1.29 is 21.6 Å². The molecule has 0 heterocycles. The molecule has 0 spiro atoms. The molecule has 0 fully saturated rings. The van der Waals surface area contributed by atoms with Crippen LogP contribution in [0.25, 0.3) is 32.3 Å². The van der Waals surface area contributed by atoms with Crippen LogP contribution in [-0.4, -0.2) is 13.9 Å². The van der Waals surface area contributed by atoms with Crippen molar-refractivity contribution in [1.82, 2.24) is 0 Å². The fraction of sp³-hybridized carbons (Fsp3) is 0.0588. The van der Waals surface area contributed by atoms with Crippen molar-refractivity contribution in [3.05, 3.63) is 54.6 Å². The lowest BCUT2D eigenvalue weighted by Gasteiger charge is -2.13. The van der Waals surface area contributed by atoms with E-state index in [-0.39, 0.29) is 0 Å². The molecule has 6 heteroatoms. The van der Waals surface area contributed by atoms with Gasteiger partial charge in [0.05, 0.1) is 4.90 Å². The van der Waals surface area contributed by atoms with Crippen LogP contribution in [0.1, 0.15) is 0 Å². The lowest BCUT2D eigenvalue weighted by molar-refractivity contribution is -0.0435. The zero-order chi connectivity index (χ0) is 16.4. The van der Waals surface area contributed by atoms with E-state index < -0.39 is 20.2 Å². The average Bonchev–Trinajstić information content (AvgIpc) is 2.51. The molecule has 4 aromatic carbocycles. The first-order chi connectivity index (χ1) is 10.8. The lowest BCUT2D eigenvalue weighted by atomic mass is 9.94. The Kier molecular flexibility index (Phi) is 2.70. The van der Waals surface area contributed by atoms with Gasteiger partial charge in [0.2, 0.25) is 0 Å². The maximum Gasteiger partial charge on any atom is 0.501 e. The number of hydrogen-bond donors (Lipinski definition) is 0. The quantitative estimate of drug-likeness (QED) is 0.465. The Morgan fingerprint density at radius 2 is 1.13 bits per heavy atom. The van der Waals surface area contributed by atoms with E-state index >= 15 is 0 Å². The molecular weight excluding hydrogens is 325 g/mol. The molecule has 2 nitrogen and oxygen atoms in total. The van der Waals surface area contributed by atoms with Crippen LogP contribution < -0.4 is 0 Å². The summed E-state index contributed by atoms with van der Waals surface area (Å²) in [5.74, 6) is 0. The van der Waals surface area contributed by atoms with Crippen LogP contribution in [0.4, 0.5) is 13.2 Å². The molecule has 23 heavy (non-hydrogen) atoms. The first-order valence-corrected chi connectivity index (χ1v) is 8.26. The summed E-state index contributed by atoms with van der Waals surface area (Å²) in [6.07, 6.45) is 0. The molecule has 0 aliphatic heterocycles. The smallest absolute Gasteiger partial charge is 0.214 e. The minimum atomic E-state index is -5.37. The molecule has 0 aromatic heterocycles. The Balaban J connectivity index is 2.17. The minimum Gasteiger partial charge on any atom is -0.214 e. The fourth-order valence-corrected chi connectivity index (χ4v) is 3.85. The molecule has 4 rings (SSSR count). The van der Waals surface area contributed by atoms with Crippen molar-refractivity contribution in [2.75, 3.05) is 0 Å². The lowest BCUT2D eigenvalue weighted by Crippen LogP contribution is -2.23. The van der Waals surface area contributed by atoms with Gasteiger partial charge in [-0.3, -0.25) is 0 Å². The van der Waals surface area contributed by atoms with Crippen molar-refractivity contribution in [3.63, 3.8) is 0 Å². The van der Waals surface area contributed by atoms with E-state index in [1.54, 1.807) is 24.3 Å². The molecular formula is C17H9F3O2S. The highest BCUT2D eigenvalue weighted by Gasteiger charge is 2.47. The molecule has 0 amide bonds. The van der Waals surface area contributed by atoms with Crippen molar-refractivity contribution >= 4 is 42.2 Å². The number of alkyl halides is 3. The molecule has 4 aromatic rings. The maximum absolute atomic E-state index is 12.8. The highest BCUT2D eigenvalue weighted by Crippen LogP contribution is 2.38. The zero-order valence-corrected chi connectivity index (χ0v) is 12.4. The van der Waals surface area contributed by atoms with Gasteiger partial charge < -0.3 is 0 Å². The van der Waals surface area contributed by atoms with Crippen LogP contribution in [0.2, 0.25) is 0 Å². The number of halogens is 3. The topological polar surface area (TPSA) is 34.1 Å². The predicted octanol–water partition coefficient (Wildman–Crippen LogP) is 4.88. The van der Waals surface area contributed by atoms with Gasteiger partial charge in [-0.05, 0) is 44.5 Å². The van der Waals surface area contributed by atoms with Gasteiger partial charge in [-0.25, -0.2) is 8.42 Å². The highest BCUT2D eigenvalue weighted by molar-refractivity contribution is 7.92. The molecule has 0 saturated carbocycles. The van der Waals surface area contributed by atoms with Crippen LogP contribution in [0, 0.1) is 0 Å². The predicted molar refractivity (Wildman–Crippen MR) is 83.4 cm³/mol. The molecule has 0 bridgehead atoms. The number of sulfone groups is 1. The molecule has 0 N–H and O–H groups in total. The first-order valence-electron chi connectivity index (χ1n) is 6.78. The summed E-state index contributed by atoms with van der Waals surface area (Å²) in [6.45, 7) is 0. The van der Waals surface area contributed by atoms with E-state index in [2.05, 4.69) is 0 Å². The third kappa shape index (κ3) is 1.91. The van der Waals surface area contributed by atoms with E-state index in [0.29, 0.717) is 10.8 Å². The number of hydrogen-bond acceptors (Lipinski definition) is 2. The largest absolute Gasteiger partial charge is 0.501 e. The highest BCUT2D eigenvalue weighted by atomic mass is 32.2. The molecule has 0 aliphatic carbocycles. The number of benzene rings is 4. The van der Waals surface area contributed by atoms with Gasteiger partial charge in [-0.2, -0.15) is 13.2 Å². The van der Waals surface area contributed by atoms with Gasteiger partial charge in [0.25, 0.3) is 9.84 Å². The van der Waals surface area contributed by atoms with Gasteiger partial charge in [-0.15, -0.1) is 0 Å². The Morgan fingerprint density at radius 3 is 1.61 bits per heavy atom. The van der Waals surface area contributed by atoms with Crippen LogP contribution in [0.15, 0.2) is 59.5 Å². The van der Waals surface area contributed by atoms with Crippen LogP contribution >= 0.6 is 0 Å². The van der Waals surface area contributed by atoms with E-state index in [1.807, 2.05) is 18.2 Å². The van der Waals surface area contributed by atoms with Crippen LogP contribution in [0.5, 0.6) is 0 Å². The SMILES string of the molecule is O=S(=O)(c1cc2ccc3cccc4ccc(c1)c2c34)C(F)(F)F. The van der Waals surface area contributed by atoms with Crippen molar-refractivity contribution in [3.8, 4) is 0 Å². The second kappa shape index (κ2) is 4.35. The van der Waals surface area contributed by atoms with E-state index in [1.165, 1.54) is 0 Å². The molecule has 116 valence electrons. The van der Waals surface area contributed by atoms with Gasteiger partial charge in [0.1, 0.15) is 0 Å². The van der Waals surface area contributed by atoms with Crippen LogP contribution in [0.3, 0.4) is 0 Å². The van der Waals surface area contributed by atoms with Gasteiger partial charge in [-0.1, -0.05) is 42.5 Å². The Hall–Kier alpha value is -2.34. The third-order valence-electron chi connectivity index (χ3n) is 4.05. The normalized spacial score (nSPS) is 13.3. The fourth-order valence-electron chi connectivity index (χ4n) is 3.01. The third-order valence-corrected chi connectivity index (χ3v) is 5.52. The first kappa shape index (κ1) is 14.3. The summed E-state index contributed by atoms with van der Waals surface area (Å²) < 4.78 is 61.8. The number of rotatable bonds is 1. The summed E-state index contributed by atoms with van der Waals surface area (Å²) in [7, 11) is -5.37. The summed E-state index contributed by atoms with van der Waals surface area (Å²) in [5.41, 5.74) is -5.31. The molecule has 0 atom stereocenters. The van der Waals surface area contributed by atoms with Crippen LogP contribution in [-0.2, 0) is 9.84 Å².